The van der Waals surface area contributed by atoms with E-state index in [1.165, 1.54) is 12.1 Å². The molecule has 0 atom stereocenters. The van der Waals surface area contributed by atoms with E-state index in [4.69, 9.17) is 4.74 Å². The molecule has 0 fully saturated rings. The van der Waals surface area contributed by atoms with Gasteiger partial charge in [-0.05, 0) is 36.2 Å². The average Bonchev–Trinajstić information content (AvgIpc) is 2.64. The number of amides is 1. The molecule has 1 amide bonds. The Balaban J connectivity index is 1.83. The number of ether oxygens (including phenoxy) is 1. The summed E-state index contributed by atoms with van der Waals surface area (Å²) in [4.78, 5) is 22.3. The van der Waals surface area contributed by atoms with Crippen molar-refractivity contribution in [1.82, 2.24) is 5.32 Å². The van der Waals surface area contributed by atoms with Gasteiger partial charge in [0.25, 0.3) is 11.6 Å². The van der Waals surface area contributed by atoms with Gasteiger partial charge in [-0.15, -0.1) is 0 Å². The van der Waals surface area contributed by atoms with Crippen molar-refractivity contribution in [2.75, 3.05) is 6.61 Å². The van der Waals surface area contributed by atoms with Crippen LogP contribution in [0.2, 0.25) is 0 Å². The first-order chi connectivity index (χ1) is 12.1. The van der Waals surface area contributed by atoms with Gasteiger partial charge in [0.2, 0.25) is 0 Å². The Bertz CT molecular complexity index is 696. The van der Waals surface area contributed by atoms with Crippen molar-refractivity contribution in [1.29, 1.82) is 0 Å². The van der Waals surface area contributed by atoms with Crippen LogP contribution in [0.1, 0.15) is 42.1 Å². The predicted octanol–water partition coefficient (Wildman–Crippen LogP) is 4.09. The van der Waals surface area contributed by atoms with Crippen LogP contribution in [0, 0.1) is 10.1 Å². The predicted molar refractivity (Wildman–Crippen MR) is 95.7 cm³/mol. The zero-order valence-electron chi connectivity index (χ0n) is 14.2. The molecule has 2 aromatic rings. The van der Waals surface area contributed by atoms with Crippen molar-refractivity contribution in [3.8, 4) is 5.75 Å². The molecule has 0 spiro atoms. The summed E-state index contributed by atoms with van der Waals surface area (Å²) in [6.45, 7) is 3.13. The van der Waals surface area contributed by atoms with Gasteiger partial charge >= 0.3 is 0 Å². The fourth-order valence-electron chi connectivity index (χ4n) is 2.26. The van der Waals surface area contributed by atoms with Crippen LogP contribution >= 0.6 is 0 Å². The van der Waals surface area contributed by atoms with Crippen LogP contribution < -0.4 is 10.1 Å². The Hall–Kier alpha value is -2.89. The third-order valence-corrected chi connectivity index (χ3v) is 3.73. The highest BCUT2D eigenvalue weighted by Crippen LogP contribution is 2.14. The van der Waals surface area contributed by atoms with E-state index in [0.717, 1.165) is 30.6 Å². The van der Waals surface area contributed by atoms with Crippen LogP contribution in [0.5, 0.6) is 5.75 Å². The van der Waals surface area contributed by atoms with Crippen molar-refractivity contribution < 1.29 is 14.5 Å². The molecule has 2 aromatic carbocycles. The Morgan fingerprint density at radius 1 is 1.08 bits per heavy atom. The maximum atomic E-state index is 12.1. The topological polar surface area (TPSA) is 81.5 Å². The zero-order valence-corrected chi connectivity index (χ0v) is 14.2. The third-order valence-electron chi connectivity index (χ3n) is 3.73. The molecule has 132 valence electrons. The molecular weight excluding hydrogens is 320 g/mol. The van der Waals surface area contributed by atoms with Gasteiger partial charge in [0.15, 0.2) is 0 Å². The van der Waals surface area contributed by atoms with E-state index in [0.29, 0.717) is 18.7 Å². The van der Waals surface area contributed by atoms with E-state index in [1.807, 2.05) is 0 Å². The summed E-state index contributed by atoms with van der Waals surface area (Å²) in [5.41, 5.74) is 1.38. The first-order valence-electron chi connectivity index (χ1n) is 8.34. The van der Waals surface area contributed by atoms with Crippen molar-refractivity contribution in [2.24, 2.45) is 0 Å². The number of benzene rings is 2. The molecular formula is C19H22N2O4. The van der Waals surface area contributed by atoms with E-state index < -0.39 is 4.92 Å². The number of nitro groups is 1. The van der Waals surface area contributed by atoms with Gasteiger partial charge in [0.05, 0.1) is 11.5 Å². The van der Waals surface area contributed by atoms with Gasteiger partial charge in [-0.3, -0.25) is 14.9 Å². The number of carbonyl (C=O) groups excluding carboxylic acids is 1. The van der Waals surface area contributed by atoms with Gasteiger partial charge in [-0.25, -0.2) is 0 Å². The summed E-state index contributed by atoms with van der Waals surface area (Å²) in [6.07, 6.45) is 3.31. The number of carbonyl (C=O) groups is 1. The Kier molecular flexibility index (Phi) is 6.95. The monoisotopic (exact) mass is 342 g/mol. The first kappa shape index (κ1) is 18.4. The maximum Gasteiger partial charge on any atom is 0.269 e. The zero-order chi connectivity index (χ0) is 18.1. The SMILES string of the molecule is CCCCCOc1ccc(C(=O)NCc2ccc([N+](=O)[O-])cc2)cc1. The number of unbranched alkanes of at least 4 members (excludes halogenated alkanes) is 2. The van der Waals surface area contributed by atoms with Crippen molar-refractivity contribution >= 4 is 11.6 Å². The summed E-state index contributed by atoms with van der Waals surface area (Å²) in [6, 6.07) is 13.1. The summed E-state index contributed by atoms with van der Waals surface area (Å²) < 4.78 is 5.62. The van der Waals surface area contributed by atoms with Crippen LogP contribution in [0.4, 0.5) is 5.69 Å². The Labute approximate surface area is 147 Å². The normalized spacial score (nSPS) is 10.3. The van der Waals surface area contributed by atoms with E-state index in [2.05, 4.69) is 12.2 Å². The summed E-state index contributed by atoms with van der Waals surface area (Å²) in [7, 11) is 0. The average molecular weight is 342 g/mol. The summed E-state index contributed by atoms with van der Waals surface area (Å²) >= 11 is 0. The molecule has 6 nitrogen and oxygen atoms in total. The molecule has 1 N–H and O–H groups in total. The van der Waals surface area contributed by atoms with Gasteiger partial charge in [-0.1, -0.05) is 31.9 Å². The molecule has 2 rings (SSSR count). The standard InChI is InChI=1S/C19H22N2O4/c1-2-3-4-13-25-18-11-7-16(8-12-18)19(22)20-14-15-5-9-17(10-6-15)21(23)24/h5-12H,2-4,13-14H2,1H3,(H,20,22). The van der Waals surface area contributed by atoms with Crippen LogP contribution in [0.25, 0.3) is 0 Å². The van der Waals surface area contributed by atoms with Gasteiger partial charge in [0, 0.05) is 24.2 Å². The second kappa shape index (κ2) is 9.42. The molecule has 0 radical (unpaired) electrons. The largest absolute Gasteiger partial charge is 0.494 e. The van der Waals surface area contributed by atoms with E-state index in [1.54, 1.807) is 36.4 Å². The minimum atomic E-state index is -0.450. The second-order valence-electron chi connectivity index (χ2n) is 5.69. The first-order valence-corrected chi connectivity index (χ1v) is 8.34. The lowest BCUT2D eigenvalue weighted by Crippen LogP contribution is -2.22. The van der Waals surface area contributed by atoms with Crippen molar-refractivity contribution in [3.63, 3.8) is 0 Å². The number of hydrogen-bond donors (Lipinski definition) is 1. The molecule has 0 aliphatic rings. The fraction of sp³-hybridized carbons (Fsp3) is 0.316. The third kappa shape index (κ3) is 5.91. The Morgan fingerprint density at radius 3 is 2.36 bits per heavy atom. The summed E-state index contributed by atoms with van der Waals surface area (Å²) in [5.74, 6) is 0.555. The van der Waals surface area contributed by atoms with E-state index >= 15 is 0 Å². The summed E-state index contributed by atoms with van der Waals surface area (Å²) in [5, 5.41) is 13.4. The highest BCUT2D eigenvalue weighted by atomic mass is 16.6. The van der Waals surface area contributed by atoms with E-state index in [-0.39, 0.29) is 11.6 Å². The molecule has 0 saturated carbocycles. The lowest BCUT2D eigenvalue weighted by Gasteiger charge is -2.08. The lowest BCUT2D eigenvalue weighted by atomic mass is 10.1. The number of nitrogens with one attached hydrogen (secondary N) is 1. The maximum absolute atomic E-state index is 12.1. The molecule has 0 aliphatic carbocycles. The number of hydrogen-bond acceptors (Lipinski definition) is 4. The number of rotatable bonds is 9. The molecule has 0 heterocycles. The molecule has 0 unspecified atom stereocenters. The Morgan fingerprint density at radius 2 is 1.76 bits per heavy atom. The van der Waals surface area contributed by atoms with Crippen molar-refractivity contribution in [2.45, 2.75) is 32.7 Å². The number of nitro benzene ring substituents is 1. The van der Waals surface area contributed by atoms with Gasteiger partial charge < -0.3 is 10.1 Å². The van der Waals surface area contributed by atoms with Gasteiger partial charge in [-0.2, -0.15) is 0 Å². The molecule has 0 aliphatic heterocycles. The van der Waals surface area contributed by atoms with Gasteiger partial charge in [0.1, 0.15) is 5.75 Å². The smallest absolute Gasteiger partial charge is 0.269 e. The molecule has 0 bridgehead atoms. The number of nitrogens with zero attached hydrogens (tertiary/aromatic N) is 1. The van der Waals surface area contributed by atoms with Crippen LogP contribution in [-0.2, 0) is 6.54 Å². The molecule has 25 heavy (non-hydrogen) atoms. The second-order valence-corrected chi connectivity index (χ2v) is 5.69. The minimum Gasteiger partial charge on any atom is -0.494 e. The van der Waals surface area contributed by atoms with Crippen LogP contribution in [0.3, 0.4) is 0 Å². The van der Waals surface area contributed by atoms with Crippen LogP contribution in [-0.4, -0.2) is 17.4 Å². The minimum absolute atomic E-state index is 0.0320. The van der Waals surface area contributed by atoms with Crippen molar-refractivity contribution in [3.05, 3.63) is 69.8 Å². The number of non-ortho nitro benzene ring substituents is 1. The quantitative estimate of drug-likeness (QED) is 0.423. The van der Waals surface area contributed by atoms with Crippen LogP contribution in [0.15, 0.2) is 48.5 Å². The highest BCUT2D eigenvalue weighted by Gasteiger charge is 2.07. The highest BCUT2D eigenvalue weighted by molar-refractivity contribution is 5.94. The fourth-order valence-corrected chi connectivity index (χ4v) is 2.26. The molecule has 0 saturated heterocycles. The van der Waals surface area contributed by atoms with E-state index in [9.17, 15) is 14.9 Å². The lowest BCUT2D eigenvalue weighted by molar-refractivity contribution is -0.384. The molecule has 0 aromatic heterocycles. The molecule has 6 heteroatoms.